The van der Waals surface area contributed by atoms with Gasteiger partial charge in [0.15, 0.2) is 11.5 Å². The van der Waals surface area contributed by atoms with Crippen molar-refractivity contribution in [2.45, 2.75) is 30.7 Å². The molecule has 0 aliphatic carbocycles. The predicted octanol–water partition coefficient (Wildman–Crippen LogP) is 2.99. The van der Waals surface area contributed by atoms with Crippen molar-refractivity contribution in [1.82, 2.24) is 9.62 Å². The molecule has 1 heterocycles. The predicted molar refractivity (Wildman–Crippen MR) is 116 cm³/mol. The molecule has 0 saturated carbocycles. The van der Waals surface area contributed by atoms with E-state index in [1.54, 1.807) is 32.4 Å². The van der Waals surface area contributed by atoms with Crippen LogP contribution in [0.15, 0.2) is 41.3 Å². The lowest BCUT2D eigenvalue weighted by atomic mass is 10.1. The van der Waals surface area contributed by atoms with Crippen LogP contribution in [0.4, 0.5) is 0 Å². The highest BCUT2D eigenvalue weighted by Crippen LogP contribution is 2.31. The minimum atomic E-state index is -3.74. The molecule has 0 radical (unpaired) electrons. The zero-order valence-electron chi connectivity index (χ0n) is 18.2. The van der Waals surface area contributed by atoms with Gasteiger partial charge in [-0.15, -0.1) is 0 Å². The van der Waals surface area contributed by atoms with Crippen LogP contribution in [-0.2, 0) is 10.0 Å². The molecule has 1 amide bonds. The third kappa shape index (κ3) is 4.77. The first-order valence-electron chi connectivity index (χ1n) is 10.0. The highest BCUT2D eigenvalue weighted by Gasteiger charge is 2.30. The van der Waals surface area contributed by atoms with E-state index >= 15 is 0 Å². The highest BCUT2D eigenvalue weighted by molar-refractivity contribution is 7.89. The Bertz CT molecular complexity index is 1050. The lowest BCUT2D eigenvalue weighted by molar-refractivity contribution is 0.0939. The quantitative estimate of drug-likeness (QED) is 0.667. The van der Waals surface area contributed by atoms with E-state index in [2.05, 4.69) is 5.32 Å². The van der Waals surface area contributed by atoms with Crippen molar-refractivity contribution >= 4 is 15.9 Å². The van der Waals surface area contributed by atoms with Crippen molar-refractivity contribution in [2.24, 2.45) is 0 Å². The number of hydrogen-bond acceptors (Lipinski definition) is 6. The summed E-state index contributed by atoms with van der Waals surface area (Å²) >= 11 is 0. The number of ether oxygens (including phenoxy) is 3. The summed E-state index contributed by atoms with van der Waals surface area (Å²) < 4.78 is 43.4. The summed E-state index contributed by atoms with van der Waals surface area (Å²) in [4.78, 5) is 12.9. The molecule has 9 heteroatoms. The van der Waals surface area contributed by atoms with Gasteiger partial charge in [-0.2, -0.15) is 4.31 Å². The van der Waals surface area contributed by atoms with Gasteiger partial charge in [0.25, 0.3) is 5.91 Å². The number of rotatable bonds is 8. The van der Waals surface area contributed by atoms with E-state index in [-0.39, 0.29) is 28.2 Å². The maximum Gasteiger partial charge on any atom is 0.251 e. The number of carbonyl (C=O) groups excluding carboxylic acids is 1. The van der Waals surface area contributed by atoms with Gasteiger partial charge < -0.3 is 19.5 Å². The maximum atomic E-state index is 13.1. The molecule has 1 fully saturated rings. The lowest BCUT2D eigenvalue weighted by Crippen LogP contribution is -2.29. The maximum absolute atomic E-state index is 13.1. The summed E-state index contributed by atoms with van der Waals surface area (Å²) in [6.45, 7) is 2.78. The highest BCUT2D eigenvalue weighted by atomic mass is 32.2. The average molecular weight is 449 g/mol. The number of nitrogens with zero attached hydrogens (tertiary/aromatic N) is 1. The molecule has 2 aromatic carbocycles. The molecule has 1 atom stereocenters. The van der Waals surface area contributed by atoms with Crippen LogP contribution >= 0.6 is 0 Å². The van der Waals surface area contributed by atoms with Gasteiger partial charge in [-0.25, -0.2) is 8.42 Å². The summed E-state index contributed by atoms with van der Waals surface area (Å²) in [6, 6.07) is 9.50. The van der Waals surface area contributed by atoms with Crippen LogP contribution < -0.4 is 19.5 Å². The first kappa shape index (κ1) is 22.9. The van der Waals surface area contributed by atoms with E-state index in [1.807, 2.05) is 13.0 Å². The normalized spacial score (nSPS) is 15.4. The van der Waals surface area contributed by atoms with Gasteiger partial charge >= 0.3 is 0 Å². The molecule has 31 heavy (non-hydrogen) atoms. The van der Waals surface area contributed by atoms with Gasteiger partial charge in [0.2, 0.25) is 10.0 Å². The SMILES string of the molecule is COc1ccc([C@@H](C)NC(=O)c2ccc(OC)c(S(=O)(=O)N3CCCC3)c2)cc1OC. The Labute approximate surface area is 183 Å². The standard InChI is InChI=1S/C22H28N2O6S/c1-15(16-7-9-18(28-2)20(13-16)30-4)23-22(25)17-8-10-19(29-3)21(14-17)31(26,27)24-11-5-6-12-24/h7-10,13-15H,5-6,11-12H2,1-4H3,(H,23,25)/t15-/m1/s1. The van der Waals surface area contributed by atoms with E-state index in [4.69, 9.17) is 14.2 Å². The monoisotopic (exact) mass is 448 g/mol. The topological polar surface area (TPSA) is 94.2 Å². The first-order chi connectivity index (χ1) is 14.8. The molecule has 0 aromatic heterocycles. The fourth-order valence-electron chi connectivity index (χ4n) is 3.57. The van der Waals surface area contributed by atoms with E-state index in [1.165, 1.54) is 23.5 Å². The number of amides is 1. The van der Waals surface area contributed by atoms with Crippen LogP contribution in [0.5, 0.6) is 17.2 Å². The van der Waals surface area contributed by atoms with E-state index in [0.717, 1.165) is 18.4 Å². The molecular formula is C22H28N2O6S. The minimum Gasteiger partial charge on any atom is -0.495 e. The Morgan fingerprint density at radius 1 is 0.935 bits per heavy atom. The second kappa shape index (κ2) is 9.57. The molecule has 1 saturated heterocycles. The van der Waals surface area contributed by atoms with E-state index < -0.39 is 10.0 Å². The molecule has 2 aromatic rings. The Hall–Kier alpha value is -2.78. The molecule has 1 aliphatic rings. The molecule has 1 N–H and O–H groups in total. The summed E-state index contributed by atoms with van der Waals surface area (Å²) in [5.74, 6) is 0.987. The Morgan fingerprint density at radius 2 is 1.55 bits per heavy atom. The van der Waals surface area contributed by atoms with Gasteiger partial charge in [0.05, 0.1) is 27.4 Å². The van der Waals surface area contributed by atoms with Crippen LogP contribution in [0.3, 0.4) is 0 Å². The number of carbonyl (C=O) groups is 1. The van der Waals surface area contributed by atoms with Crippen LogP contribution in [0.2, 0.25) is 0 Å². The molecule has 0 unspecified atom stereocenters. The molecule has 3 rings (SSSR count). The fourth-order valence-corrected chi connectivity index (χ4v) is 5.27. The molecule has 1 aliphatic heterocycles. The fraction of sp³-hybridized carbons (Fsp3) is 0.409. The average Bonchev–Trinajstić information content (AvgIpc) is 3.34. The Kier molecular flexibility index (Phi) is 7.07. The number of methoxy groups -OCH3 is 3. The summed E-state index contributed by atoms with van der Waals surface area (Å²) in [6.07, 6.45) is 1.65. The number of hydrogen-bond donors (Lipinski definition) is 1. The zero-order chi connectivity index (χ0) is 22.6. The van der Waals surface area contributed by atoms with Gasteiger partial charge in [-0.1, -0.05) is 6.07 Å². The van der Waals surface area contributed by atoms with Gasteiger partial charge in [0.1, 0.15) is 10.6 Å². The number of benzene rings is 2. The lowest BCUT2D eigenvalue weighted by Gasteiger charge is -2.19. The third-order valence-corrected chi connectivity index (χ3v) is 7.28. The molecular weight excluding hydrogens is 420 g/mol. The first-order valence-corrected chi connectivity index (χ1v) is 11.5. The zero-order valence-corrected chi connectivity index (χ0v) is 19.0. The van der Waals surface area contributed by atoms with Gasteiger partial charge in [0, 0.05) is 18.7 Å². The molecule has 0 bridgehead atoms. The summed E-state index contributed by atoms with van der Waals surface area (Å²) in [5.41, 5.74) is 1.07. The van der Waals surface area contributed by atoms with Crippen LogP contribution in [0.1, 0.15) is 41.7 Å². The van der Waals surface area contributed by atoms with Crippen molar-refractivity contribution in [3.63, 3.8) is 0 Å². The third-order valence-electron chi connectivity index (χ3n) is 5.36. The Balaban J connectivity index is 1.85. The Morgan fingerprint density at radius 3 is 2.16 bits per heavy atom. The second-order valence-corrected chi connectivity index (χ2v) is 9.19. The van der Waals surface area contributed by atoms with Crippen LogP contribution in [0, 0.1) is 0 Å². The number of sulfonamides is 1. The van der Waals surface area contributed by atoms with E-state index in [9.17, 15) is 13.2 Å². The van der Waals surface area contributed by atoms with Crippen LogP contribution in [-0.4, -0.2) is 53.0 Å². The van der Waals surface area contributed by atoms with Crippen molar-refractivity contribution in [3.05, 3.63) is 47.5 Å². The smallest absolute Gasteiger partial charge is 0.251 e. The molecule has 168 valence electrons. The molecule has 0 spiro atoms. The summed E-state index contributed by atoms with van der Waals surface area (Å²) in [7, 11) is 0.779. The van der Waals surface area contributed by atoms with Crippen molar-refractivity contribution in [1.29, 1.82) is 0 Å². The van der Waals surface area contributed by atoms with Gasteiger partial charge in [-0.3, -0.25) is 4.79 Å². The minimum absolute atomic E-state index is 0.00307. The van der Waals surface area contributed by atoms with Crippen molar-refractivity contribution in [2.75, 3.05) is 34.4 Å². The molecule has 8 nitrogen and oxygen atoms in total. The largest absolute Gasteiger partial charge is 0.495 e. The van der Waals surface area contributed by atoms with Crippen molar-refractivity contribution in [3.8, 4) is 17.2 Å². The summed E-state index contributed by atoms with van der Waals surface area (Å²) in [5, 5.41) is 2.90. The van der Waals surface area contributed by atoms with Gasteiger partial charge in [-0.05, 0) is 55.7 Å². The second-order valence-electron chi connectivity index (χ2n) is 7.29. The van der Waals surface area contributed by atoms with Crippen molar-refractivity contribution < 1.29 is 27.4 Å². The van der Waals surface area contributed by atoms with Crippen LogP contribution in [0.25, 0.3) is 0 Å². The van der Waals surface area contributed by atoms with E-state index in [0.29, 0.717) is 24.6 Å². The number of nitrogens with one attached hydrogen (secondary N) is 1.